The van der Waals surface area contributed by atoms with Crippen molar-refractivity contribution in [3.63, 3.8) is 0 Å². The molecule has 0 unspecified atom stereocenters. The van der Waals surface area contributed by atoms with Gasteiger partial charge < -0.3 is 14.2 Å². The molecule has 18 heavy (non-hydrogen) atoms. The summed E-state index contributed by atoms with van der Waals surface area (Å²) in [5, 5.41) is 0. The predicted octanol–water partition coefficient (Wildman–Crippen LogP) is 2.57. The van der Waals surface area contributed by atoms with Crippen LogP contribution in [-0.4, -0.2) is 32.3 Å². The third-order valence-electron chi connectivity index (χ3n) is 2.82. The molecule has 0 aliphatic carbocycles. The Morgan fingerprint density at radius 2 is 1.94 bits per heavy atom. The van der Waals surface area contributed by atoms with Crippen molar-refractivity contribution in [2.45, 2.75) is 26.3 Å². The van der Waals surface area contributed by atoms with Gasteiger partial charge in [-0.05, 0) is 38.5 Å². The molecule has 1 aromatic rings. The summed E-state index contributed by atoms with van der Waals surface area (Å²) in [5.74, 6) is 1.99. The smallest absolute Gasteiger partial charge is 0.220 e. The molecule has 1 aliphatic heterocycles. The number of nitrogens with zero attached hydrogens (tertiary/aromatic N) is 1. The normalized spacial score (nSPS) is 17.1. The molecule has 0 fully saturated rings. The van der Waals surface area contributed by atoms with E-state index in [4.69, 9.17) is 14.2 Å². The summed E-state index contributed by atoms with van der Waals surface area (Å²) in [6.45, 7) is 6.67. The lowest BCUT2D eigenvalue weighted by atomic mass is 10.1. The van der Waals surface area contributed by atoms with Crippen molar-refractivity contribution in [2.24, 2.45) is 4.99 Å². The second kappa shape index (κ2) is 4.52. The van der Waals surface area contributed by atoms with Gasteiger partial charge in [-0.1, -0.05) is 0 Å². The van der Waals surface area contributed by atoms with E-state index in [0.29, 0.717) is 24.0 Å². The average molecular weight is 249 g/mol. The first kappa shape index (κ1) is 12.7. The minimum atomic E-state index is -0.183. The van der Waals surface area contributed by atoms with Gasteiger partial charge in [-0.2, -0.15) is 0 Å². The van der Waals surface area contributed by atoms with E-state index < -0.39 is 0 Å². The molecule has 0 aromatic heterocycles. The summed E-state index contributed by atoms with van der Waals surface area (Å²) in [6.07, 6.45) is 0. The Balaban J connectivity index is 2.54. The number of hydrogen-bond acceptors (Lipinski definition) is 4. The SMILES string of the molecule is COc1cc(C)cc(C2=NC(C)(C)CO2)c1OC. The van der Waals surface area contributed by atoms with E-state index in [-0.39, 0.29) is 5.54 Å². The van der Waals surface area contributed by atoms with E-state index in [1.54, 1.807) is 14.2 Å². The van der Waals surface area contributed by atoms with Crippen LogP contribution in [-0.2, 0) is 4.74 Å². The van der Waals surface area contributed by atoms with E-state index in [1.807, 2.05) is 32.9 Å². The molecule has 4 heteroatoms. The lowest BCUT2D eigenvalue weighted by Gasteiger charge is -2.13. The molecule has 1 aliphatic rings. The molecule has 0 N–H and O–H groups in total. The summed E-state index contributed by atoms with van der Waals surface area (Å²) >= 11 is 0. The van der Waals surface area contributed by atoms with Gasteiger partial charge >= 0.3 is 0 Å². The maximum Gasteiger partial charge on any atom is 0.220 e. The monoisotopic (exact) mass is 249 g/mol. The Kier molecular flexibility index (Phi) is 3.20. The molecule has 0 amide bonds. The molecule has 0 radical (unpaired) electrons. The highest BCUT2D eigenvalue weighted by Crippen LogP contribution is 2.35. The molecular formula is C14H19NO3. The van der Waals surface area contributed by atoms with E-state index >= 15 is 0 Å². The molecule has 0 saturated carbocycles. The van der Waals surface area contributed by atoms with Crippen LogP contribution >= 0.6 is 0 Å². The zero-order valence-corrected chi connectivity index (χ0v) is 11.5. The molecule has 0 spiro atoms. The molecule has 98 valence electrons. The van der Waals surface area contributed by atoms with Crippen molar-refractivity contribution in [1.29, 1.82) is 0 Å². The Bertz CT molecular complexity index is 492. The van der Waals surface area contributed by atoms with Crippen molar-refractivity contribution >= 4 is 5.90 Å². The third-order valence-corrected chi connectivity index (χ3v) is 2.82. The first-order valence-electron chi connectivity index (χ1n) is 5.92. The average Bonchev–Trinajstić information content (AvgIpc) is 2.68. The minimum absolute atomic E-state index is 0.183. The second-order valence-electron chi connectivity index (χ2n) is 5.07. The van der Waals surface area contributed by atoms with Crippen LogP contribution in [0.4, 0.5) is 0 Å². The number of benzene rings is 1. The van der Waals surface area contributed by atoms with Gasteiger partial charge in [0.2, 0.25) is 5.90 Å². The molecule has 0 saturated heterocycles. The fraction of sp³-hybridized carbons (Fsp3) is 0.500. The summed E-state index contributed by atoms with van der Waals surface area (Å²) in [6, 6.07) is 3.94. The van der Waals surface area contributed by atoms with E-state index in [9.17, 15) is 0 Å². The van der Waals surface area contributed by atoms with Crippen LogP contribution in [0, 0.1) is 6.92 Å². The zero-order chi connectivity index (χ0) is 13.3. The van der Waals surface area contributed by atoms with Crippen molar-refractivity contribution < 1.29 is 14.2 Å². The predicted molar refractivity (Wildman–Crippen MR) is 70.9 cm³/mol. The van der Waals surface area contributed by atoms with E-state index in [0.717, 1.165) is 11.1 Å². The van der Waals surface area contributed by atoms with Crippen LogP contribution in [0.5, 0.6) is 11.5 Å². The highest BCUT2D eigenvalue weighted by Gasteiger charge is 2.29. The Hall–Kier alpha value is -1.71. The topological polar surface area (TPSA) is 40.0 Å². The molecule has 2 rings (SSSR count). The van der Waals surface area contributed by atoms with Gasteiger partial charge in [0.25, 0.3) is 0 Å². The van der Waals surface area contributed by atoms with Gasteiger partial charge in [-0.15, -0.1) is 0 Å². The van der Waals surface area contributed by atoms with Gasteiger partial charge in [0.1, 0.15) is 6.61 Å². The van der Waals surface area contributed by atoms with Crippen LogP contribution in [0.3, 0.4) is 0 Å². The van der Waals surface area contributed by atoms with Crippen LogP contribution in [0.15, 0.2) is 17.1 Å². The summed E-state index contributed by atoms with van der Waals surface area (Å²) in [4.78, 5) is 4.57. The maximum atomic E-state index is 5.67. The first-order chi connectivity index (χ1) is 8.46. The van der Waals surface area contributed by atoms with Gasteiger partial charge in [-0.25, -0.2) is 4.99 Å². The van der Waals surface area contributed by atoms with Crippen molar-refractivity contribution in [2.75, 3.05) is 20.8 Å². The maximum absolute atomic E-state index is 5.67. The second-order valence-corrected chi connectivity index (χ2v) is 5.07. The largest absolute Gasteiger partial charge is 0.493 e. The van der Waals surface area contributed by atoms with Crippen molar-refractivity contribution in [3.05, 3.63) is 23.3 Å². The number of aliphatic imine (C=N–C) groups is 1. The fourth-order valence-corrected chi connectivity index (χ4v) is 1.98. The number of aryl methyl sites for hydroxylation is 1. The van der Waals surface area contributed by atoms with Gasteiger partial charge in [0.05, 0.1) is 25.3 Å². The zero-order valence-electron chi connectivity index (χ0n) is 11.5. The number of hydrogen-bond donors (Lipinski definition) is 0. The van der Waals surface area contributed by atoms with Gasteiger partial charge in [0.15, 0.2) is 11.5 Å². The summed E-state index contributed by atoms with van der Waals surface area (Å²) in [7, 11) is 3.25. The number of rotatable bonds is 3. The molecule has 1 heterocycles. The van der Waals surface area contributed by atoms with Crippen molar-refractivity contribution in [3.8, 4) is 11.5 Å². The van der Waals surface area contributed by atoms with Crippen LogP contribution in [0.1, 0.15) is 25.0 Å². The lowest BCUT2D eigenvalue weighted by Crippen LogP contribution is -2.17. The fourth-order valence-electron chi connectivity index (χ4n) is 1.98. The van der Waals surface area contributed by atoms with Crippen LogP contribution in [0.2, 0.25) is 0 Å². The quantitative estimate of drug-likeness (QED) is 0.826. The van der Waals surface area contributed by atoms with E-state index in [1.165, 1.54) is 0 Å². The first-order valence-corrected chi connectivity index (χ1v) is 5.92. The molecule has 0 bridgehead atoms. The Morgan fingerprint density at radius 1 is 1.22 bits per heavy atom. The highest BCUT2D eigenvalue weighted by molar-refractivity contribution is 5.99. The minimum Gasteiger partial charge on any atom is -0.493 e. The number of ether oxygens (including phenoxy) is 3. The van der Waals surface area contributed by atoms with Crippen LogP contribution in [0.25, 0.3) is 0 Å². The molecule has 0 atom stereocenters. The van der Waals surface area contributed by atoms with Crippen molar-refractivity contribution in [1.82, 2.24) is 0 Å². The third kappa shape index (κ3) is 2.28. The summed E-state index contributed by atoms with van der Waals surface area (Å²) < 4.78 is 16.4. The van der Waals surface area contributed by atoms with Gasteiger partial charge in [0, 0.05) is 0 Å². The summed E-state index contributed by atoms with van der Waals surface area (Å²) in [5.41, 5.74) is 1.75. The standard InChI is InChI=1S/C14H19NO3/c1-9-6-10(12(17-5)11(7-9)16-4)13-15-14(2,3)8-18-13/h6-7H,8H2,1-5H3. The number of methoxy groups -OCH3 is 2. The van der Waals surface area contributed by atoms with Gasteiger partial charge in [-0.3, -0.25) is 0 Å². The molecular weight excluding hydrogens is 230 g/mol. The highest BCUT2D eigenvalue weighted by atomic mass is 16.5. The van der Waals surface area contributed by atoms with E-state index in [2.05, 4.69) is 4.99 Å². The Labute approximate surface area is 108 Å². The molecule has 1 aromatic carbocycles. The Morgan fingerprint density at radius 3 is 2.44 bits per heavy atom. The lowest BCUT2D eigenvalue weighted by molar-refractivity contribution is 0.278. The van der Waals surface area contributed by atoms with Crippen LogP contribution < -0.4 is 9.47 Å². The molecule has 4 nitrogen and oxygen atoms in total.